The van der Waals surface area contributed by atoms with Gasteiger partial charge in [-0.2, -0.15) is 5.10 Å². The Labute approximate surface area is 252 Å². The summed E-state index contributed by atoms with van der Waals surface area (Å²) in [6.45, 7) is 0.342. The number of hydrogen-bond donors (Lipinski definition) is 3. The second-order valence-corrected chi connectivity index (χ2v) is 10.1. The van der Waals surface area contributed by atoms with Crippen molar-refractivity contribution in [1.29, 1.82) is 0 Å². The molecular formula is C34H25ClN6O2. The Morgan fingerprint density at radius 2 is 1.65 bits per heavy atom. The van der Waals surface area contributed by atoms with Gasteiger partial charge in [0.2, 0.25) is 0 Å². The summed E-state index contributed by atoms with van der Waals surface area (Å²) < 4.78 is 0. The van der Waals surface area contributed by atoms with E-state index in [1.54, 1.807) is 42.9 Å². The van der Waals surface area contributed by atoms with E-state index in [0.717, 1.165) is 27.6 Å². The molecule has 0 aliphatic carbocycles. The van der Waals surface area contributed by atoms with Crippen molar-refractivity contribution in [2.75, 3.05) is 5.43 Å². The molecule has 210 valence electrons. The summed E-state index contributed by atoms with van der Waals surface area (Å²) in [6, 6.07) is 31.5. The maximum absolute atomic E-state index is 13.1. The van der Waals surface area contributed by atoms with E-state index < -0.39 is 0 Å². The van der Waals surface area contributed by atoms with Crippen LogP contribution in [0.4, 0.5) is 5.82 Å². The Morgan fingerprint density at radius 1 is 0.791 bits per heavy atom. The van der Waals surface area contributed by atoms with Crippen molar-refractivity contribution in [1.82, 2.24) is 20.3 Å². The van der Waals surface area contributed by atoms with E-state index in [0.29, 0.717) is 39.9 Å². The standard InChI is InChI=1S/C34H25ClN6O2/c35-28-13-14-31(38-21-28)40-41-32(29-8-1-2-15-36-29)23-11-9-22(10-12-23)20-39-34(43)26-6-3-5-24(17-26)27-18-25-7-4-16-37-33(25)30(42)19-27/h1-19,21,42H,20H2,(H,38,40)(H,39,43)/b41-32-. The number of carbonyl (C=O) groups excluding carboxylic acids is 1. The predicted octanol–water partition coefficient (Wildman–Crippen LogP) is 6.85. The van der Waals surface area contributed by atoms with Crippen LogP contribution in [0.1, 0.15) is 27.2 Å². The molecule has 0 aliphatic heterocycles. The number of pyridine rings is 3. The number of hydrogen-bond acceptors (Lipinski definition) is 7. The quantitative estimate of drug-likeness (QED) is 0.133. The van der Waals surface area contributed by atoms with Gasteiger partial charge in [0.15, 0.2) is 0 Å². The number of hydrazone groups is 1. The minimum Gasteiger partial charge on any atom is -0.506 e. The zero-order chi connectivity index (χ0) is 29.6. The molecule has 8 nitrogen and oxygen atoms in total. The van der Waals surface area contributed by atoms with Gasteiger partial charge in [0, 0.05) is 41.6 Å². The number of aromatic hydroxyl groups is 1. The first-order chi connectivity index (χ1) is 21.0. The summed E-state index contributed by atoms with van der Waals surface area (Å²) in [4.78, 5) is 26.0. The number of carbonyl (C=O) groups is 1. The molecule has 0 saturated heterocycles. The normalized spacial score (nSPS) is 11.3. The Hall–Kier alpha value is -5.60. The molecule has 43 heavy (non-hydrogen) atoms. The molecule has 3 N–H and O–H groups in total. The van der Waals surface area contributed by atoms with Crippen LogP contribution >= 0.6 is 11.6 Å². The second-order valence-electron chi connectivity index (χ2n) is 9.68. The van der Waals surface area contributed by atoms with Crippen LogP contribution in [-0.4, -0.2) is 31.7 Å². The first kappa shape index (κ1) is 27.6. The fraction of sp³-hybridized carbons (Fsp3) is 0.0294. The van der Waals surface area contributed by atoms with Crippen molar-refractivity contribution in [3.63, 3.8) is 0 Å². The van der Waals surface area contributed by atoms with Crippen LogP contribution in [0.25, 0.3) is 22.0 Å². The van der Waals surface area contributed by atoms with Gasteiger partial charge in [0.25, 0.3) is 5.91 Å². The molecule has 0 bridgehead atoms. The fourth-order valence-corrected chi connectivity index (χ4v) is 4.68. The van der Waals surface area contributed by atoms with Crippen LogP contribution in [0.2, 0.25) is 5.02 Å². The number of anilines is 1. The SMILES string of the molecule is O=C(NCc1ccc(/C(=N/Nc2ccc(Cl)cn2)c2ccccn2)cc1)c1cccc(-c2cc(O)c3ncccc3c2)c1. The summed E-state index contributed by atoms with van der Waals surface area (Å²) in [5.41, 5.74) is 8.76. The first-order valence-corrected chi connectivity index (χ1v) is 13.8. The lowest BCUT2D eigenvalue weighted by molar-refractivity contribution is 0.0951. The Balaban J connectivity index is 1.16. The van der Waals surface area contributed by atoms with Gasteiger partial charge in [0.05, 0.1) is 10.7 Å². The number of nitrogens with one attached hydrogen (secondary N) is 2. The Morgan fingerprint density at radius 3 is 2.44 bits per heavy atom. The Bertz CT molecular complexity index is 1930. The molecule has 6 rings (SSSR count). The number of halogens is 1. The van der Waals surface area contributed by atoms with Gasteiger partial charge in [-0.05, 0) is 71.3 Å². The molecule has 0 atom stereocenters. The fourth-order valence-electron chi connectivity index (χ4n) is 4.57. The monoisotopic (exact) mass is 584 g/mol. The van der Waals surface area contributed by atoms with Crippen molar-refractivity contribution in [2.45, 2.75) is 6.54 Å². The highest BCUT2D eigenvalue weighted by molar-refractivity contribution is 6.30. The molecule has 1 amide bonds. The summed E-state index contributed by atoms with van der Waals surface area (Å²) in [5.74, 6) is 0.448. The maximum atomic E-state index is 13.1. The highest BCUT2D eigenvalue weighted by atomic mass is 35.5. The lowest BCUT2D eigenvalue weighted by Gasteiger charge is -2.10. The highest BCUT2D eigenvalue weighted by Crippen LogP contribution is 2.31. The molecule has 0 aliphatic rings. The average molecular weight is 585 g/mol. The van der Waals surface area contributed by atoms with Gasteiger partial charge >= 0.3 is 0 Å². The number of benzene rings is 3. The van der Waals surface area contributed by atoms with Crippen molar-refractivity contribution >= 4 is 39.9 Å². The molecule has 3 aromatic carbocycles. The second kappa shape index (κ2) is 12.5. The topological polar surface area (TPSA) is 112 Å². The molecular weight excluding hydrogens is 560 g/mol. The van der Waals surface area contributed by atoms with Crippen LogP contribution < -0.4 is 10.7 Å². The molecule has 0 spiro atoms. The number of phenolic OH excluding ortho intramolecular Hbond substituents is 1. The third-order valence-electron chi connectivity index (χ3n) is 6.74. The van der Waals surface area contributed by atoms with Crippen LogP contribution in [0.15, 0.2) is 127 Å². The highest BCUT2D eigenvalue weighted by Gasteiger charge is 2.12. The van der Waals surface area contributed by atoms with Crippen molar-refractivity contribution in [2.24, 2.45) is 5.10 Å². The van der Waals surface area contributed by atoms with Crippen LogP contribution in [0.3, 0.4) is 0 Å². The van der Waals surface area contributed by atoms with E-state index in [4.69, 9.17) is 11.6 Å². The van der Waals surface area contributed by atoms with E-state index in [1.807, 2.05) is 78.9 Å². The van der Waals surface area contributed by atoms with E-state index in [1.165, 1.54) is 0 Å². The predicted molar refractivity (Wildman–Crippen MR) is 169 cm³/mol. The van der Waals surface area contributed by atoms with Gasteiger partial charge in [-0.15, -0.1) is 0 Å². The third-order valence-corrected chi connectivity index (χ3v) is 6.96. The van der Waals surface area contributed by atoms with E-state index in [-0.39, 0.29) is 11.7 Å². The van der Waals surface area contributed by atoms with Crippen molar-refractivity contribution in [3.05, 3.63) is 149 Å². The number of fused-ring (bicyclic) bond motifs is 1. The van der Waals surface area contributed by atoms with Crippen molar-refractivity contribution < 1.29 is 9.90 Å². The number of amides is 1. The summed E-state index contributed by atoms with van der Waals surface area (Å²) in [7, 11) is 0. The number of nitrogens with zero attached hydrogens (tertiary/aromatic N) is 4. The molecule has 3 heterocycles. The lowest BCUT2D eigenvalue weighted by Crippen LogP contribution is -2.22. The molecule has 0 saturated carbocycles. The lowest BCUT2D eigenvalue weighted by atomic mass is 10.0. The van der Waals surface area contributed by atoms with Gasteiger partial charge in [-0.3, -0.25) is 20.2 Å². The smallest absolute Gasteiger partial charge is 0.251 e. The van der Waals surface area contributed by atoms with Crippen LogP contribution in [0.5, 0.6) is 5.75 Å². The number of phenols is 1. The van der Waals surface area contributed by atoms with E-state index in [9.17, 15) is 9.90 Å². The van der Waals surface area contributed by atoms with Gasteiger partial charge in [0.1, 0.15) is 22.8 Å². The van der Waals surface area contributed by atoms with Crippen LogP contribution in [-0.2, 0) is 6.54 Å². The summed E-state index contributed by atoms with van der Waals surface area (Å²) in [6.07, 6.45) is 4.90. The van der Waals surface area contributed by atoms with E-state index >= 15 is 0 Å². The molecule has 0 unspecified atom stereocenters. The summed E-state index contributed by atoms with van der Waals surface area (Å²) >= 11 is 5.94. The van der Waals surface area contributed by atoms with Gasteiger partial charge in [-0.1, -0.05) is 60.1 Å². The third kappa shape index (κ3) is 6.50. The van der Waals surface area contributed by atoms with Crippen LogP contribution in [0, 0.1) is 0 Å². The molecule has 6 aromatic rings. The summed E-state index contributed by atoms with van der Waals surface area (Å²) in [5, 5.41) is 19.4. The number of rotatable bonds is 8. The maximum Gasteiger partial charge on any atom is 0.251 e. The van der Waals surface area contributed by atoms with Gasteiger partial charge < -0.3 is 10.4 Å². The zero-order valence-electron chi connectivity index (χ0n) is 22.8. The molecule has 3 aromatic heterocycles. The first-order valence-electron chi connectivity index (χ1n) is 13.5. The zero-order valence-corrected chi connectivity index (χ0v) is 23.5. The minimum atomic E-state index is -0.201. The van der Waals surface area contributed by atoms with E-state index in [2.05, 4.69) is 30.8 Å². The minimum absolute atomic E-state index is 0.0973. The van der Waals surface area contributed by atoms with Crippen molar-refractivity contribution in [3.8, 4) is 16.9 Å². The average Bonchev–Trinajstić information content (AvgIpc) is 3.05. The molecule has 0 fully saturated rings. The largest absolute Gasteiger partial charge is 0.506 e. The molecule has 9 heteroatoms. The van der Waals surface area contributed by atoms with Gasteiger partial charge in [-0.25, -0.2) is 4.98 Å². The Kier molecular flexibility index (Phi) is 8.02. The molecule has 0 radical (unpaired) electrons. The number of aromatic nitrogens is 3.